The highest BCUT2D eigenvalue weighted by molar-refractivity contribution is 5.85. The molecule has 1 aromatic rings. The molecule has 1 rings (SSSR count). The summed E-state index contributed by atoms with van der Waals surface area (Å²) in [6, 6.07) is 4.16. The minimum Gasteiger partial charge on any atom is -0.483 e. The molecule has 1 aromatic carbocycles. The molecule has 0 saturated heterocycles. The molecule has 0 radical (unpaired) electrons. The Labute approximate surface area is 140 Å². The number of aryl methyl sites for hydroxylation is 3. The zero-order chi connectivity index (χ0) is 15.8. The molecule has 5 heteroatoms. The van der Waals surface area contributed by atoms with Gasteiger partial charge in [-0.15, -0.1) is 12.4 Å². The molecule has 22 heavy (non-hydrogen) atoms. The summed E-state index contributed by atoms with van der Waals surface area (Å²) in [4.78, 5) is 11.9. The number of benzene rings is 1. The van der Waals surface area contributed by atoms with Crippen LogP contribution >= 0.6 is 12.4 Å². The molecule has 0 aliphatic heterocycles. The number of halogens is 1. The van der Waals surface area contributed by atoms with Crippen LogP contribution in [0.5, 0.6) is 5.75 Å². The maximum atomic E-state index is 11.9. The van der Waals surface area contributed by atoms with Gasteiger partial charge in [0.05, 0.1) is 0 Å². The smallest absolute Gasteiger partial charge is 0.258 e. The molecule has 0 aromatic heterocycles. The second-order valence-electron chi connectivity index (χ2n) is 5.66. The molecule has 4 nitrogen and oxygen atoms in total. The second-order valence-corrected chi connectivity index (χ2v) is 5.66. The first-order valence-corrected chi connectivity index (χ1v) is 7.68. The monoisotopic (exact) mass is 328 g/mol. The van der Waals surface area contributed by atoms with E-state index in [1.54, 1.807) is 0 Å². The Hall–Kier alpha value is -1.26. The van der Waals surface area contributed by atoms with Gasteiger partial charge < -0.3 is 15.8 Å². The third-order valence-corrected chi connectivity index (χ3v) is 3.51. The van der Waals surface area contributed by atoms with Gasteiger partial charge in [-0.1, -0.05) is 37.5 Å². The van der Waals surface area contributed by atoms with E-state index in [9.17, 15) is 4.79 Å². The molecule has 0 saturated carbocycles. The van der Waals surface area contributed by atoms with Crippen LogP contribution in [0.3, 0.4) is 0 Å². The van der Waals surface area contributed by atoms with Crippen molar-refractivity contribution in [3.05, 3.63) is 28.8 Å². The minimum absolute atomic E-state index is 0. The molecular weight excluding hydrogens is 300 g/mol. The van der Waals surface area contributed by atoms with Gasteiger partial charge in [-0.25, -0.2) is 0 Å². The van der Waals surface area contributed by atoms with Gasteiger partial charge in [-0.3, -0.25) is 4.79 Å². The van der Waals surface area contributed by atoms with E-state index in [0.29, 0.717) is 6.54 Å². The van der Waals surface area contributed by atoms with Crippen LogP contribution in [0.2, 0.25) is 0 Å². The van der Waals surface area contributed by atoms with Crippen molar-refractivity contribution in [3.8, 4) is 5.75 Å². The summed E-state index contributed by atoms with van der Waals surface area (Å²) in [7, 11) is 0. The average Bonchev–Trinajstić information content (AvgIpc) is 2.42. The number of nitrogens with two attached hydrogens (primary N) is 1. The van der Waals surface area contributed by atoms with Crippen molar-refractivity contribution in [2.75, 3.05) is 13.2 Å². The quantitative estimate of drug-likeness (QED) is 0.771. The fourth-order valence-electron chi connectivity index (χ4n) is 2.50. The van der Waals surface area contributed by atoms with Gasteiger partial charge in [-0.05, 0) is 38.3 Å². The zero-order valence-corrected chi connectivity index (χ0v) is 14.9. The van der Waals surface area contributed by atoms with E-state index in [1.165, 1.54) is 5.56 Å². The van der Waals surface area contributed by atoms with E-state index < -0.39 is 0 Å². The van der Waals surface area contributed by atoms with Crippen LogP contribution in [0.4, 0.5) is 0 Å². The molecule has 1 unspecified atom stereocenters. The van der Waals surface area contributed by atoms with Gasteiger partial charge in [0.2, 0.25) is 0 Å². The summed E-state index contributed by atoms with van der Waals surface area (Å²) in [5, 5.41) is 2.93. The summed E-state index contributed by atoms with van der Waals surface area (Å²) < 4.78 is 5.68. The largest absolute Gasteiger partial charge is 0.483 e. The number of rotatable bonds is 8. The predicted octanol–water partition coefficient (Wildman–Crippen LogP) is 3.05. The molecule has 0 fully saturated rings. The number of ether oxygens (including phenoxy) is 1. The van der Waals surface area contributed by atoms with Crippen molar-refractivity contribution in [3.63, 3.8) is 0 Å². The zero-order valence-electron chi connectivity index (χ0n) is 14.1. The van der Waals surface area contributed by atoms with E-state index >= 15 is 0 Å². The first kappa shape index (κ1) is 20.7. The van der Waals surface area contributed by atoms with E-state index in [-0.39, 0.29) is 31.0 Å². The molecule has 1 atom stereocenters. The number of carbonyl (C=O) groups is 1. The van der Waals surface area contributed by atoms with Gasteiger partial charge in [0.25, 0.3) is 5.91 Å². The number of carbonyl (C=O) groups excluding carboxylic acids is 1. The molecule has 3 N–H and O–H groups in total. The topological polar surface area (TPSA) is 64.3 Å². The number of hydrogen-bond donors (Lipinski definition) is 2. The van der Waals surface area contributed by atoms with Crippen LogP contribution in [0, 0.1) is 20.8 Å². The van der Waals surface area contributed by atoms with E-state index in [4.69, 9.17) is 10.5 Å². The summed E-state index contributed by atoms with van der Waals surface area (Å²) in [6.45, 7) is 8.67. The normalized spacial score (nSPS) is 11.5. The van der Waals surface area contributed by atoms with Gasteiger partial charge in [-0.2, -0.15) is 0 Å². The Balaban J connectivity index is 0.00000441. The Morgan fingerprint density at radius 3 is 2.36 bits per heavy atom. The molecule has 0 spiro atoms. The molecule has 0 aliphatic rings. The Kier molecular flexibility index (Phi) is 9.86. The second kappa shape index (κ2) is 10.5. The van der Waals surface area contributed by atoms with Gasteiger partial charge in [0.1, 0.15) is 5.75 Å². The van der Waals surface area contributed by atoms with Gasteiger partial charge >= 0.3 is 0 Å². The summed E-state index contributed by atoms with van der Waals surface area (Å²) in [6.07, 6.45) is 3.09. The lowest BCUT2D eigenvalue weighted by Crippen LogP contribution is -2.42. The van der Waals surface area contributed by atoms with Crippen molar-refractivity contribution >= 4 is 18.3 Å². The predicted molar refractivity (Wildman–Crippen MR) is 93.9 cm³/mol. The first-order valence-electron chi connectivity index (χ1n) is 7.68. The number of unbranched alkanes of at least 4 members (excludes halogenated alkanes) is 1. The van der Waals surface area contributed by atoms with Crippen molar-refractivity contribution in [2.45, 2.75) is 53.0 Å². The number of nitrogens with one attached hydrogen (secondary N) is 1. The van der Waals surface area contributed by atoms with Crippen LogP contribution in [0.1, 0.15) is 42.9 Å². The Morgan fingerprint density at radius 2 is 1.86 bits per heavy atom. The van der Waals surface area contributed by atoms with Crippen molar-refractivity contribution in [1.82, 2.24) is 5.32 Å². The minimum atomic E-state index is -0.110. The Morgan fingerprint density at radius 1 is 1.27 bits per heavy atom. The SMILES string of the molecule is CCCCC(CN)NC(=O)COc1c(C)cc(C)cc1C.Cl. The molecule has 0 heterocycles. The third-order valence-electron chi connectivity index (χ3n) is 3.51. The fraction of sp³-hybridized carbons (Fsp3) is 0.588. The molecular formula is C17H29ClN2O2. The van der Waals surface area contributed by atoms with Crippen LogP contribution < -0.4 is 15.8 Å². The molecule has 1 amide bonds. The molecule has 0 bridgehead atoms. The lowest BCUT2D eigenvalue weighted by molar-refractivity contribution is -0.123. The lowest BCUT2D eigenvalue weighted by Gasteiger charge is -2.18. The van der Waals surface area contributed by atoms with Crippen LogP contribution in [-0.4, -0.2) is 25.1 Å². The number of hydrogen-bond acceptors (Lipinski definition) is 3. The summed E-state index contributed by atoms with van der Waals surface area (Å²) in [5.41, 5.74) is 8.99. The van der Waals surface area contributed by atoms with Crippen molar-refractivity contribution in [1.29, 1.82) is 0 Å². The number of amides is 1. The standard InChI is InChI=1S/C17H28N2O2.ClH/c1-5-6-7-15(10-18)19-16(20)11-21-17-13(3)8-12(2)9-14(17)4;/h8-9,15H,5-7,10-11,18H2,1-4H3,(H,19,20);1H. The summed E-state index contributed by atoms with van der Waals surface area (Å²) >= 11 is 0. The lowest BCUT2D eigenvalue weighted by atomic mass is 10.1. The van der Waals surface area contributed by atoms with Crippen molar-refractivity contribution < 1.29 is 9.53 Å². The Bertz CT molecular complexity index is 455. The highest BCUT2D eigenvalue weighted by Gasteiger charge is 2.12. The molecule has 126 valence electrons. The van der Waals surface area contributed by atoms with E-state index in [1.807, 2.05) is 13.8 Å². The van der Waals surface area contributed by atoms with Crippen LogP contribution in [0.15, 0.2) is 12.1 Å². The average molecular weight is 329 g/mol. The third kappa shape index (κ3) is 6.67. The maximum absolute atomic E-state index is 11.9. The van der Waals surface area contributed by atoms with E-state index in [0.717, 1.165) is 36.1 Å². The molecule has 0 aliphatic carbocycles. The fourth-order valence-corrected chi connectivity index (χ4v) is 2.50. The van der Waals surface area contributed by atoms with E-state index in [2.05, 4.69) is 31.3 Å². The highest BCUT2D eigenvalue weighted by Crippen LogP contribution is 2.24. The van der Waals surface area contributed by atoms with Gasteiger partial charge in [0, 0.05) is 12.6 Å². The first-order chi connectivity index (χ1) is 9.97. The maximum Gasteiger partial charge on any atom is 0.258 e. The highest BCUT2D eigenvalue weighted by atomic mass is 35.5. The van der Waals surface area contributed by atoms with Crippen LogP contribution in [-0.2, 0) is 4.79 Å². The van der Waals surface area contributed by atoms with Crippen molar-refractivity contribution in [2.24, 2.45) is 5.73 Å². The van der Waals surface area contributed by atoms with Crippen LogP contribution in [0.25, 0.3) is 0 Å². The summed E-state index contributed by atoms with van der Waals surface area (Å²) in [5.74, 6) is 0.689. The van der Waals surface area contributed by atoms with Gasteiger partial charge in [0.15, 0.2) is 6.61 Å².